The smallest absolute Gasteiger partial charge is 0.314 e. The van der Waals surface area contributed by atoms with E-state index < -0.39 is 11.4 Å². The first-order valence-corrected chi connectivity index (χ1v) is 10.5. The van der Waals surface area contributed by atoms with Gasteiger partial charge in [-0.05, 0) is 43.4 Å². The first-order chi connectivity index (χ1) is 14.1. The van der Waals surface area contributed by atoms with Gasteiger partial charge in [0.05, 0.1) is 11.5 Å². The lowest BCUT2D eigenvalue weighted by molar-refractivity contribution is -0.149. The summed E-state index contributed by atoms with van der Waals surface area (Å²) in [4.78, 5) is 29.6. The molecule has 1 N–H and O–H groups in total. The zero-order chi connectivity index (χ0) is 20.3. The molecule has 2 aromatic carbocycles. The Labute approximate surface area is 171 Å². The van der Waals surface area contributed by atoms with E-state index in [1.807, 2.05) is 53.4 Å². The van der Waals surface area contributed by atoms with Gasteiger partial charge in [0.25, 0.3) is 0 Å². The summed E-state index contributed by atoms with van der Waals surface area (Å²) >= 11 is 0. The van der Waals surface area contributed by atoms with Crippen LogP contribution in [0.3, 0.4) is 0 Å². The lowest BCUT2D eigenvalue weighted by Crippen LogP contribution is -2.53. The minimum atomic E-state index is -0.891. The third kappa shape index (κ3) is 3.92. The van der Waals surface area contributed by atoms with E-state index in [4.69, 9.17) is 0 Å². The van der Waals surface area contributed by atoms with Crippen molar-refractivity contribution in [1.82, 2.24) is 9.80 Å². The maximum Gasteiger partial charge on any atom is 0.314 e. The molecule has 1 amide bonds. The van der Waals surface area contributed by atoms with Crippen molar-refractivity contribution in [1.29, 1.82) is 0 Å². The molecule has 5 nitrogen and oxygen atoms in total. The summed E-state index contributed by atoms with van der Waals surface area (Å²) in [5, 5.41) is 9.97. The highest BCUT2D eigenvalue weighted by Crippen LogP contribution is 2.36. The van der Waals surface area contributed by atoms with Crippen molar-refractivity contribution in [2.75, 3.05) is 19.6 Å². The van der Waals surface area contributed by atoms with E-state index in [1.165, 1.54) is 5.56 Å². The Balaban J connectivity index is 1.44. The van der Waals surface area contributed by atoms with Crippen molar-refractivity contribution >= 4 is 11.9 Å². The van der Waals surface area contributed by atoms with Crippen molar-refractivity contribution in [3.05, 3.63) is 71.8 Å². The number of carbonyl (C=O) groups is 2. The molecule has 2 saturated heterocycles. The molecule has 0 aliphatic carbocycles. The van der Waals surface area contributed by atoms with Crippen LogP contribution in [0.4, 0.5) is 0 Å². The number of amides is 1. The quantitative estimate of drug-likeness (QED) is 0.848. The number of nitrogens with zero attached hydrogens (tertiary/aromatic N) is 2. The predicted octanol–water partition coefficient (Wildman–Crippen LogP) is 3.30. The molecule has 2 aliphatic heterocycles. The fourth-order valence-corrected chi connectivity index (χ4v) is 4.82. The number of hydrogen-bond acceptors (Lipinski definition) is 3. The largest absolute Gasteiger partial charge is 0.481 e. The van der Waals surface area contributed by atoms with Gasteiger partial charge in [0.1, 0.15) is 0 Å². The second-order valence-corrected chi connectivity index (χ2v) is 8.19. The van der Waals surface area contributed by atoms with Gasteiger partial charge in [-0.3, -0.25) is 14.5 Å². The van der Waals surface area contributed by atoms with Gasteiger partial charge in [-0.1, -0.05) is 60.7 Å². The van der Waals surface area contributed by atoms with E-state index in [1.54, 1.807) is 0 Å². The second kappa shape index (κ2) is 8.37. The molecular formula is C24H28N2O3. The minimum absolute atomic E-state index is 0.0933. The summed E-state index contributed by atoms with van der Waals surface area (Å²) in [7, 11) is 0. The van der Waals surface area contributed by atoms with E-state index >= 15 is 0 Å². The van der Waals surface area contributed by atoms with Crippen LogP contribution in [0, 0.1) is 0 Å². The highest BCUT2D eigenvalue weighted by Gasteiger charge is 2.45. The molecule has 2 aromatic rings. The number of carbonyl (C=O) groups excluding carboxylic acids is 1. The van der Waals surface area contributed by atoms with Crippen LogP contribution in [0.1, 0.15) is 36.8 Å². The van der Waals surface area contributed by atoms with Crippen molar-refractivity contribution in [2.45, 2.75) is 43.7 Å². The second-order valence-electron chi connectivity index (χ2n) is 8.19. The number of benzene rings is 2. The Morgan fingerprint density at radius 1 is 0.931 bits per heavy atom. The molecule has 0 unspecified atom stereocenters. The van der Waals surface area contributed by atoms with Crippen LogP contribution >= 0.6 is 0 Å². The number of rotatable bonds is 5. The lowest BCUT2D eigenvalue weighted by Gasteiger charge is -2.40. The first kappa shape index (κ1) is 19.6. The molecule has 4 rings (SSSR count). The van der Waals surface area contributed by atoms with E-state index in [2.05, 4.69) is 17.0 Å². The summed E-state index contributed by atoms with van der Waals surface area (Å²) in [5.74, 6) is -0.632. The van der Waals surface area contributed by atoms with E-state index in [-0.39, 0.29) is 11.9 Å². The number of carboxylic acids is 1. The summed E-state index contributed by atoms with van der Waals surface area (Å²) in [6.07, 6.45) is 2.83. The van der Waals surface area contributed by atoms with Gasteiger partial charge >= 0.3 is 5.97 Å². The van der Waals surface area contributed by atoms with Gasteiger partial charge in [-0.15, -0.1) is 0 Å². The molecule has 152 valence electrons. The molecule has 0 bridgehead atoms. The first-order valence-electron chi connectivity index (χ1n) is 10.5. The van der Waals surface area contributed by atoms with Crippen LogP contribution in [0.2, 0.25) is 0 Å². The summed E-state index contributed by atoms with van der Waals surface area (Å²) in [5.41, 5.74) is 1.17. The maximum absolute atomic E-state index is 13.3. The number of likely N-dealkylation sites (tertiary alicyclic amines) is 2. The molecule has 0 aromatic heterocycles. The van der Waals surface area contributed by atoms with Gasteiger partial charge in [0, 0.05) is 19.6 Å². The third-order valence-corrected chi connectivity index (χ3v) is 6.54. The van der Waals surface area contributed by atoms with Gasteiger partial charge in [-0.25, -0.2) is 0 Å². The number of piperidine rings is 1. The van der Waals surface area contributed by atoms with Crippen molar-refractivity contribution in [3.8, 4) is 0 Å². The molecule has 2 aliphatic rings. The number of aliphatic carboxylic acids is 1. The summed E-state index contributed by atoms with van der Waals surface area (Å²) in [6.45, 7) is 2.71. The Morgan fingerprint density at radius 3 is 2.17 bits per heavy atom. The maximum atomic E-state index is 13.3. The average Bonchev–Trinajstić information content (AvgIpc) is 3.22. The van der Waals surface area contributed by atoms with E-state index in [9.17, 15) is 14.7 Å². The topological polar surface area (TPSA) is 60.9 Å². The van der Waals surface area contributed by atoms with Crippen LogP contribution in [0.15, 0.2) is 60.7 Å². The van der Waals surface area contributed by atoms with Gasteiger partial charge < -0.3 is 10.0 Å². The summed E-state index contributed by atoms with van der Waals surface area (Å²) in [6, 6.07) is 19.6. The van der Waals surface area contributed by atoms with Crippen LogP contribution in [0.25, 0.3) is 0 Å². The number of carboxylic acid groups (broad SMARTS) is 1. The standard InChI is InChI=1S/C24H28N2O3/c27-22(21-12-7-15-26(21)18-19-8-3-1-4-9-19)25-16-13-24(14-17-25,23(28)29)20-10-5-2-6-11-20/h1-6,8-11,21H,7,12-18H2,(H,28,29)/t21-/m1/s1. The fourth-order valence-electron chi connectivity index (χ4n) is 4.82. The zero-order valence-corrected chi connectivity index (χ0v) is 16.7. The molecule has 0 saturated carbocycles. The minimum Gasteiger partial charge on any atom is -0.481 e. The van der Waals surface area contributed by atoms with Gasteiger partial charge in [0.2, 0.25) is 5.91 Å². The molecule has 2 heterocycles. The Bertz CT molecular complexity index is 845. The molecule has 0 radical (unpaired) electrons. The predicted molar refractivity (Wildman–Crippen MR) is 111 cm³/mol. The molecule has 2 fully saturated rings. The molecular weight excluding hydrogens is 364 g/mol. The Kier molecular flexibility index (Phi) is 5.67. The number of hydrogen-bond donors (Lipinski definition) is 1. The summed E-state index contributed by atoms with van der Waals surface area (Å²) < 4.78 is 0. The Morgan fingerprint density at radius 2 is 1.55 bits per heavy atom. The lowest BCUT2D eigenvalue weighted by atomic mass is 9.72. The highest BCUT2D eigenvalue weighted by atomic mass is 16.4. The van der Waals surface area contributed by atoms with Crippen molar-refractivity contribution in [3.63, 3.8) is 0 Å². The van der Waals surface area contributed by atoms with Crippen LogP contribution < -0.4 is 0 Å². The highest BCUT2D eigenvalue weighted by molar-refractivity contribution is 5.84. The third-order valence-electron chi connectivity index (χ3n) is 6.54. The van der Waals surface area contributed by atoms with Gasteiger partial charge in [0.15, 0.2) is 0 Å². The monoisotopic (exact) mass is 392 g/mol. The molecule has 0 spiro atoms. The van der Waals surface area contributed by atoms with Crippen molar-refractivity contribution in [2.24, 2.45) is 0 Å². The van der Waals surface area contributed by atoms with E-state index in [0.29, 0.717) is 25.9 Å². The van der Waals surface area contributed by atoms with Crippen molar-refractivity contribution < 1.29 is 14.7 Å². The Hall–Kier alpha value is -2.66. The average molecular weight is 392 g/mol. The van der Waals surface area contributed by atoms with E-state index in [0.717, 1.165) is 31.5 Å². The normalized spacial score (nSPS) is 21.8. The van der Waals surface area contributed by atoms with Crippen LogP contribution in [-0.2, 0) is 21.5 Å². The molecule has 5 heteroatoms. The molecule has 29 heavy (non-hydrogen) atoms. The zero-order valence-electron chi connectivity index (χ0n) is 16.7. The SMILES string of the molecule is O=C([C@H]1CCCN1Cc1ccccc1)N1CCC(C(=O)O)(c2ccccc2)CC1. The van der Waals surface area contributed by atoms with Crippen LogP contribution in [-0.4, -0.2) is 52.5 Å². The molecule has 1 atom stereocenters. The fraction of sp³-hybridized carbons (Fsp3) is 0.417. The van der Waals surface area contributed by atoms with Crippen LogP contribution in [0.5, 0.6) is 0 Å². The van der Waals surface area contributed by atoms with Gasteiger partial charge in [-0.2, -0.15) is 0 Å².